The molecule has 0 saturated heterocycles. The number of benzene rings is 1. The quantitative estimate of drug-likeness (QED) is 0.364. The molecule has 6 nitrogen and oxygen atoms in total. The molecule has 0 unspecified atom stereocenters. The van der Waals surface area contributed by atoms with E-state index in [4.69, 9.17) is 10.5 Å². The highest BCUT2D eigenvalue weighted by Gasteiger charge is 1.93. The standard InChI is InChI=1S/C10H15N5O/c1-15(2)10(11)13-14-12-8-4-6-9(16-3)7-5-8/h4-7H,1-3H3,(H2,11,12,13). The van der Waals surface area contributed by atoms with E-state index >= 15 is 0 Å². The number of hydrogen-bond acceptors (Lipinski definition) is 3. The third-order valence-electron chi connectivity index (χ3n) is 1.84. The van der Waals surface area contributed by atoms with Crippen LogP contribution in [-0.4, -0.2) is 32.1 Å². The van der Waals surface area contributed by atoms with Gasteiger partial charge >= 0.3 is 0 Å². The average molecular weight is 221 g/mol. The van der Waals surface area contributed by atoms with Crippen LogP contribution >= 0.6 is 0 Å². The van der Waals surface area contributed by atoms with Crippen molar-refractivity contribution in [1.29, 1.82) is 0 Å². The Morgan fingerprint density at radius 1 is 1.25 bits per heavy atom. The Morgan fingerprint density at radius 3 is 2.38 bits per heavy atom. The van der Waals surface area contributed by atoms with Crippen LogP contribution in [0.3, 0.4) is 0 Å². The van der Waals surface area contributed by atoms with Gasteiger partial charge in [0.15, 0.2) is 0 Å². The highest BCUT2D eigenvalue weighted by atomic mass is 16.5. The van der Waals surface area contributed by atoms with E-state index in [1.807, 2.05) is 0 Å². The molecule has 1 aromatic carbocycles. The SMILES string of the molecule is COc1ccc(N=N/N=C(\N)N(C)C)cc1. The van der Waals surface area contributed by atoms with E-state index in [1.165, 1.54) is 0 Å². The van der Waals surface area contributed by atoms with Gasteiger partial charge in [-0.3, -0.25) is 0 Å². The van der Waals surface area contributed by atoms with Crippen molar-refractivity contribution < 1.29 is 4.74 Å². The molecular formula is C10H15N5O. The lowest BCUT2D eigenvalue weighted by Crippen LogP contribution is -2.29. The zero-order valence-electron chi connectivity index (χ0n) is 9.58. The van der Waals surface area contributed by atoms with Gasteiger partial charge in [-0.05, 0) is 29.5 Å². The first-order valence-electron chi connectivity index (χ1n) is 4.69. The molecule has 0 saturated carbocycles. The topological polar surface area (TPSA) is 75.6 Å². The molecule has 0 spiro atoms. The largest absolute Gasteiger partial charge is 0.497 e. The van der Waals surface area contributed by atoms with E-state index < -0.39 is 0 Å². The highest BCUT2D eigenvalue weighted by molar-refractivity contribution is 5.77. The van der Waals surface area contributed by atoms with Crippen LogP contribution in [0.5, 0.6) is 5.75 Å². The zero-order valence-corrected chi connectivity index (χ0v) is 9.58. The van der Waals surface area contributed by atoms with Crippen LogP contribution in [0.15, 0.2) is 39.7 Å². The van der Waals surface area contributed by atoms with Crippen molar-refractivity contribution in [3.8, 4) is 5.75 Å². The van der Waals surface area contributed by atoms with E-state index in [9.17, 15) is 0 Å². The predicted octanol–water partition coefficient (Wildman–Crippen LogP) is 1.57. The maximum atomic E-state index is 5.53. The molecule has 0 bridgehead atoms. The van der Waals surface area contributed by atoms with Crippen molar-refractivity contribution in [2.24, 2.45) is 21.2 Å². The van der Waals surface area contributed by atoms with Gasteiger partial charge in [0.25, 0.3) is 0 Å². The number of hydrogen-bond donors (Lipinski definition) is 1. The lowest BCUT2D eigenvalue weighted by molar-refractivity contribution is 0.415. The molecule has 0 aromatic heterocycles. The van der Waals surface area contributed by atoms with E-state index in [0.717, 1.165) is 5.75 Å². The molecule has 1 rings (SSSR count). The van der Waals surface area contributed by atoms with Crippen molar-refractivity contribution in [2.75, 3.05) is 21.2 Å². The van der Waals surface area contributed by atoms with Crippen molar-refractivity contribution in [2.45, 2.75) is 0 Å². The van der Waals surface area contributed by atoms with Gasteiger partial charge in [0.2, 0.25) is 5.96 Å². The Labute approximate surface area is 94.4 Å². The van der Waals surface area contributed by atoms with Gasteiger partial charge in [0.05, 0.1) is 12.8 Å². The minimum atomic E-state index is 0.303. The van der Waals surface area contributed by atoms with Gasteiger partial charge < -0.3 is 15.4 Å². The van der Waals surface area contributed by atoms with E-state index in [-0.39, 0.29) is 0 Å². The fourth-order valence-electron chi connectivity index (χ4n) is 0.858. The first-order chi connectivity index (χ1) is 7.63. The maximum absolute atomic E-state index is 5.53. The van der Waals surface area contributed by atoms with Gasteiger partial charge in [0, 0.05) is 14.1 Å². The highest BCUT2D eigenvalue weighted by Crippen LogP contribution is 2.17. The smallest absolute Gasteiger partial charge is 0.217 e. The summed E-state index contributed by atoms with van der Waals surface area (Å²) in [6.45, 7) is 0. The summed E-state index contributed by atoms with van der Waals surface area (Å²) < 4.78 is 5.02. The zero-order chi connectivity index (χ0) is 12.0. The summed E-state index contributed by atoms with van der Waals surface area (Å²) in [5.41, 5.74) is 6.22. The molecule has 0 aliphatic rings. The number of rotatable bonds is 3. The fraction of sp³-hybridized carbons (Fsp3) is 0.300. The molecule has 0 aliphatic carbocycles. The first kappa shape index (κ1) is 12.0. The van der Waals surface area contributed by atoms with Crippen LogP contribution in [0.25, 0.3) is 0 Å². The summed E-state index contributed by atoms with van der Waals surface area (Å²) in [7, 11) is 5.17. The summed E-state index contributed by atoms with van der Waals surface area (Å²) in [6, 6.07) is 7.16. The number of nitrogens with two attached hydrogens (primary N) is 1. The molecule has 0 fully saturated rings. The van der Waals surface area contributed by atoms with Crippen LogP contribution in [0, 0.1) is 0 Å². The number of guanidine groups is 1. The second-order valence-corrected chi connectivity index (χ2v) is 3.24. The molecule has 0 atom stereocenters. The number of nitrogens with zero attached hydrogens (tertiary/aromatic N) is 4. The van der Waals surface area contributed by atoms with Gasteiger partial charge in [0.1, 0.15) is 5.75 Å². The average Bonchev–Trinajstić information content (AvgIpc) is 2.29. The van der Waals surface area contributed by atoms with Crippen molar-refractivity contribution in [1.82, 2.24) is 4.90 Å². The molecule has 0 amide bonds. The molecule has 2 N–H and O–H groups in total. The summed E-state index contributed by atoms with van der Waals surface area (Å²) in [5, 5.41) is 11.2. The van der Waals surface area contributed by atoms with E-state index in [2.05, 4.69) is 15.4 Å². The fourth-order valence-corrected chi connectivity index (χ4v) is 0.858. The van der Waals surface area contributed by atoms with Crippen LogP contribution in [-0.2, 0) is 0 Å². The second-order valence-electron chi connectivity index (χ2n) is 3.24. The molecule has 6 heteroatoms. The lowest BCUT2D eigenvalue weighted by Gasteiger charge is -2.07. The maximum Gasteiger partial charge on any atom is 0.217 e. The van der Waals surface area contributed by atoms with Gasteiger partial charge in [-0.15, -0.1) is 5.11 Å². The summed E-state index contributed by atoms with van der Waals surface area (Å²) in [6.07, 6.45) is 0. The summed E-state index contributed by atoms with van der Waals surface area (Å²) in [4.78, 5) is 1.65. The Bertz CT molecular complexity index is 383. The lowest BCUT2D eigenvalue weighted by atomic mass is 10.3. The Kier molecular flexibility index (Phi) is 4.26. The minimum Gasteiger partial charge on any atom is -0.497 e. The molecule has 0 heterocycles. The molecule has 16 heavy (non-hydrogen) atoms. The Morgan fingerprint density at radius 2 is 1.88 bits per heavy atom. The summed E-state index contributed by atoms with van der Waals surface area (Å²) >= 11 is 0. The molecule has 1 aromatic rings. The first-order valence-corrected chi connectivity index (χ1v) is 4.69. The van der Waals surface area contributed by atoms with Crippen molar-refractivity contribution >= 4 is 11.6 Å². The number of methoxy groups -OCH3 is 1. The normalized spacial score (nSPS) is 11.8. The van der Waals surface area contributed by atoms with E-state index in [0.29, 0.717) is 11.6 Å². The minimum absolute atomic E-state index is 0.303. The van der Waals surface area contributed by atoms with E-state index in [1.54, 1.807) is 50.4 Å². The van der Waals surface area contributed by atoms with Crippen molar-refractivity contribution in [3.05, 3.63) is 24.3 Å². The molecule has 0 radical (unpaired) electrons. The van der Waals surface area contributed by atoms with Gasteiger partial charge in [-0.2, -0.15) is 0 Å². The van der Waals surface area contributed by atoms with Crippen LogP contribution in [0.1, 0.15) is 0 Å². The Balaban J connectivity index is 2.66. The second kappa shape index (κ2) is 5.69. The predicted molar refractivity (Wildman–Crippen MR) is 62.8 cm³/mol. The van der Waals surface area contributed by atoms with Crippen molar-refractivity contribution in [3.63, 3.8) is 0 Å². The van der Waals surface area contributed by atoms with Gasteiger partial charge in [-0.25, -0.2) is 0 Å². The van der Waals surface area contributed by atoms with Crippen LogP contribution in [0.2, 0.25) is 0 Å². The molecule has 0 aliphatic heterocycles. The summed E-state index contributed by atoms with van der Waals surface area (Å²) in [5.74, 6) is 1.08. The monoisotopic (exact) mass is 221 g/mol. The molecular weight excluding hydrogens is 206 g/mol. The molecule has 86 valence electrons. The van der Waals surface area contributed by atoms with Crippen LogP contribution in [0.4, 0.5) is 5.69 Å². The Hall–Kier alpha value is -2.11. The van der Waals surface area contributed by atoms with Gasteiger partial charge in [-0.1, -0.05) is 5.10 Å². The van der Waals surface area contributed by atoms with Crippen LogP contribution < -0.4 is 10.5 Å². The third kappa shape index (κ3) is 3.56. The third-order valence-corrected chi connectivity index (χ3v) is 1.84. The number of ether oxygens (including phenoxy) is 1.